The molecule has 2 aromatic carbocycles. The highest BCUT2D eigenvalue weighted by atomic mass is 32.2. The molecular weight excluding hydrogens is 471 g/mol. The van der Waals surface area contributed by atoms with Crippen LogP contribution in [0.15, 0.2) is 71.3 Å². The number of benzene rings is 2. The zero-order valence-electron chi connectivity index (χ0n) is 19.6. The molecule has 3 aromatic rings. The number of fused-ring (bicyclic) bond motifs is 1. The lowest BCUT2D eigenvalue weighted by Crippen LogP contribution is -2.25. The third-order valence-corrected chi connectivity index (χ3v) is 7.11. The van der Waals surface area contributed by atoms with E-state index in [4.69, 9.17) is 14.2 Å². The summed E-state index contributed by atoms with van der Waals surface area (Å²) in [5.41, 5.74) is 1.78. The van der Waals surface area contributed by atoms with Gasteiger partial charge in [-0.15, -0.1) is 0 Å². The maximum absolute atomic E-state index is 14.9. The highest BCUT2D eigenvalue weighted by molar-refractivity contribution is 7.89. The van der Waals surface area contributed by atoms with Crippen molar-refractivity contribution in [3.05, 3.63) is 72.2 Å². The zero-order valence-corrected chi connectivity index (χ0v) is 20.4. The van der Waals surface area contributed by atoms with Crippen molar-refractivity contribution in [3.8, 4) is 23.0 Å². The predicted molar refractivity (Wildman–Crippen MR) is 132 cm³/mol. The van der Waals surface area contributed by atoms with E-state index < -0.39 is 15.8 Å². The van der Waals surface area contributed by atoms with Crippen LogP contribution >= 0.6 is 0 Å². The number of methoxy groups -OCH3 is 2. The molecule has 0 amide bonds. The van der Waals surface area contributed by atoms with Gasteiger partial charge in [-0.1, -0.05) is 23.8 Å². The van der Waals surface area contributed by atoms with Crippen LogP contribution in [0.2, 0.25) is 0 Å². The molecular formula is C26H27FN2O5S. The minimum Gasteiger partial charge on any atom is -0.493 e. The summed E-state index contributed by atoms with van der Waals surface area (Å²) in [4.78, 5) is 4.14. The Morgan fingerprint density at radius 3 is 2.51 bits per heavy atom. The molecule has 1 aliphatic carbocycles. The van der Waals surface area contributed by atoms with Gasteiger partial charge < -0.3 is 14.2 Å². The Morgan fingerprint density at radius 2 is 1.80 bits per heavy atom. The first-order valence-corrected chi connectivity index (χ1v) is 12.7. The number of ether oxygens (including phenoxy) is 3. The van der Waals surface area contributed by atoms with Crippen LogP contribution in [-0.4, -0.2) is 34.2 Å². The highest BCUT2D eigenvalue weighted by Gasteiger charge is 2.18. The number of hydrogen-bond donors (Lipinski definition) is 1. The molecule has 0 saturated heterocycles. The van der Waals surface area contributed by atoms with Crippen molar-refractivity contribution >= 4 is 20.9 Å². The summed E-state index contributed by atoms with van der Waals surface area (Å²) in [5, 5.41) is 0.589. The number of pyridine rings is 1. The number of nitrogens with one attached hydrogen (secondary N) is 1. The van der Waals surface area contributed by atoms with Gasteiger partial charge in [-0.25, -0.2) is 17.5 Å². The molecule has 9 heteroatoms. The summed E-state index contributed by atoms with van der Waals surface area (Å²) >= 11 is 0. The van der Waals surface area contributed by atoms with Crippen LogP contribution < -0.4 is 18.9 Å². The van der Waals surface area contributed by atoms with E-state index in [1.165, 1.54) is 38.1 Å². The lowest BCUT2D eigenvalue weighted by molar-refractivity contribution is 0.355. The van der Waals surface area contributed by atoms with E-state index in [-0.39, 0.29) is 17.2 Å². The monoisotopic (exact) mass is 498 g/mol. The third-order valence-electron chi connectivity index (χ3n) is 5.65. The zero-order chi connectivity index (χ0) is 24.8. The van der Waals surface area contributed by atoms with Gasteiger partial charge in [0.05, 0.1) is 24.6 Å². The summed E-state index contributed by atoms with van der Waals surface area (Å²) < 4.78 is 59.1. The standard InChI is InChI=1S/C26H27FN2O5S/c1-32-25-16-20-22(17-26(25)33-2)28-14-12-23(20)34-24-11-10-19(15-21(24)27)35(30,31)29-13-6-9-18-7-4-3-5-8-18/h4,7-8,10-12,14-17,29H,3,5-6,9,13H2,1-2H3. The van der Waals surface area contributed by atoms with Gasteiger partial charge in [0.15, 0.2) is 23.1 Å². The average Bonchev–Trinajstić information content (AvgIpc) is 2.87. The molecule has 0 atom stereocenters. The van der Waals surface area contributed by atoms with Crippen molar-refractivity contribution in [3.63, 3.8) is 0 Å². The molecule has 0 saturated carbocycles. The van der Waals surface area contributed by atoms with Gasteiger partial charge in [0, 0.05) is 24.2 Å². The van der Waals surface area contributed by atoms with E-state index in [0.717, 1.165) is 25.3 Å². The minimum absolute atomic E-state index is 0.109. The van der Waals surface area contributed by atoms with Crippen LogP contribution in [0.5, 0.6) is 23.0 Å². The minimum atomic E-state index is -3.85. The number of allylic oxidation sites excluding steroid dienone is 4. The molecule has 1 heterocycles. The SMILES string of the molecule is COc1cc2nccc(Oc3ccc(S(=O)(=O)NCCCC4=CCCC=C4)cc3F)c2cc1OC. The summed E-state index contributed by atoms with van der Waals surface area (Å²) in [6.45, 7) is 0.266. The van der Waals surface area contributed by atoms with Gasteiger partial charge in [0.2, 0.25) is 10.0 Å². The molecule has 7 nitrogen and oxygen atoms in total. The topological polar surface area (TPSA) is 86.8 Å². The second-order valence-corrected chi connectivity index (χ2v) is 9.75. The number of hydrogen-bond acceptors (Lipinski definition) is 6. The van der Waals surface area contributed by atoms with Gasteiger partial charge in [-0.2, -0.15) is 0 Å². The van der Waals surface area contributed by atoms with Gasteiger partial charge >= 0.3 is 0 Å². The first kappa shape index (κ1) is 24.7. The van der Waals surface area contributed by atoms with Crippen molar-refractivity contribution in [2.24, 2.45) is 0 Å². The number of nitrogens with zero attached hydrogens (tertiary/aromatic N) is 1. The molecule has 1 N–H and O–H groups in total. The molecule has 1 aliphatic rings. The second-order valence-electron chi connectivity index (χ2n) is 7.99. The molecule has 184 valence electrons. The number of rotatable bonds is 10. The smallest absolute Gasteiger partial charge is 0.240 e. The molecule has 0 aliphatic heterocycles. The maximum Gasteiger partial charge on any atom is 0.240 e. The van der Waals surface area contributed by atoms with Crippen LogP contribution in [0, 0.1) is 5.82 Å². The second kappa shape index (κ2) is 10.9. The maximum atomic E-state index is 14.9. The van der Waals surface area contributed by atoms with Gasteiger partial charge in [0.1, 0.15) is 5.75 Å². The lowest BCUT2D eigenvalue weighted by Gasteiger charge is -2.13. The Labute approximate surface area is 204 Å². The van der Waals surface area contributed by atoms with E-state index >= 15 is 0 Å². The van der Waals surface area contributed by atoms with Crippen LogP contribution in [0.25, 0.3) is 10.9 Å². The summed E-state index contributed by atoms with van der Waals surface area (Å²) in [6.07, 6.45) is 11.4. The fourth-order valence-corrected chi connectivity index (χ4v) is 4.91. The molecule has 0 spiro atoms. The average molecular weight is 499 g/mol. The molecule has 1 aromatic heterocycles. The Balaban J connectivity index is 1.47. The Bertz CT molecular complexity index is 1390. The largest absolute Gasteiger partial charge is 0.493 e. The van der Waals surface area contributed by atoms with E-state index in [0.29, 0.717) is 34.6 Å². The highest BCUT2D eigenvalue weighted by Crippen LogP contribution is 2.37. The lowest BCUT2D eigenvalue weighted by atomic mass is 10.0. The van der Waals surface area contributed by atoms with Crippen LogP contribution in [-0.2, 0) is 10.0 Å². The van der Waals surface area contributed by atoms with Crippen LogP contribution in [0.4, 0.5) is 4.39 Å². The van der Waals surface area contributed by atoms with Crippen molar-refractivity contribution in [2.75, 3.05) is 20.8 Å². The normalized spacial score (nSPS) is 13.5. The van der Waals surface area contributed by atoms with Crippen molar-refractivity contribution in [2.45, 2.75) is 30.6 Å². The predicted octanol–water partition coefficient (Wildman–Crippen LogP) is 5.52. The Kier molecular flexibility index (Phi) is 7.67. The molecule has 0 fully saturated rings. The molecule has 0 unspecified atom stereocenters. The Hall–Kier alpha value is -3.43. The van der Waals surface area contributed by atoms with Gasteiger partial charge in [-0.05, 0) is 56.0 Å². The van der Waals surface area contributed by atoms with E-state index in [1.807, 2.05) is 0 Å². The van der Waals surface area contributed by atoms with Crippen LogP contribution in [0.1, 0.15) is 25.7 Å². The van der Waals surface area contributed by atoms with Crippen molar-refractivity contribution < 1.29 is 27.0 Å². The van der Waals surface area contributed by atoms with E-state index in [1.54, 1.807) is 18.2 Å². The fourth-order valence-electron chi connectivity index (χ4n) is 3.82. The van der Waals surface area contributed by atoms with E-state index in [9.17, 15) is 12.8 Å². The number of aromatic nitrogens is 1. The molecule has 0 bridgehead atoms. The van der Waals surface area contributed by atoms with E-state index in [2.05, 4.69) is 27.9 Å². The first-order valence-electron chi connectivity index (χ1n) is 11.2. The van der Waals surface area contributed by atoms with Gasteiger partial charge in [0.25, 0.3) is 0 Å². The quantitative estimate of drug-likeness (QED) is 0.371. The molecule has 4 rings (SSSR count). The summed E-state index contributed by atoms with van der Waals surface area (Å²) in [7, 11) is -0.815. The number of halogens is 1. The number of sulfonamides is 1. The molecule has 35 heavy (non-hydrogen) atoms. The molecule has 0 radical (unpaired) electrons. The van der Waals surface area contributed by atoms with Crippen LogP contribution in [0.3, 0.4) is 0 Å². The third kappa shape index (κ3) is 5.80. The first-order chi connectivity index (χ1) is 16.9. The fraction of sp³-hybridized carbons (Fsp3) is 0.269. The summed E-state index contributed by atoms with van der Waals surface area (Å²) in [6, 6.07) is 8.55. The van der Waals surface area contributed by atoms with Gasteiger partial charge in [-0.3, -0.25) is 4.98 Å². The van der Waals surface area contributed by atoms with Crippen molar-refractivity contribution in [1.29, 1.82) is 0 Å². The van der Waals surface area contributed by atoms with Crippen molar-refractivity contribution in [1.82, 2.24) is 9.71 Å². The summed E-state index contributed by atoms with van der Waals surface area (Å²) in [5.74, 6) is 0.416. The Morgan fingerprint density at radius 1 is 1.00 bits per heavy atom.